The number of ether oxygens (including phenoxy) is 1. The van der Waals surface area contributed by atoms with E-state index in [1.54, 1.807) is 24.3 Å². The quantitative estimate of drug-likeness (QED) is 0.665. The Morgan fingerprint density at radius 1 is 1.14 bits per heavy atom. The maximum atomic E-state index is 11.6. The lowest BCUT2D eigenvalue weighted by Gasteiger charge is -2.06. The molecule has 0 aliphatic rings. The molecule has 0 spiro atoms. The van der Waals surface area contributed by atoms with E-state index in [0.717, 1.165) is 12.8 Å². The number of hydrogen-bond acceptors (Lipinski definition) is 3. The van der Waals surface area contributed by atoms with Crippen LogP contribution in [0.2, 0.25) is 0 Å². The van der Waals surface area contributed by atoms with Crippen molar-refractivity contribution < 1.29 is 9.53 Å². The Balaban J connectivity index is 2.07. The summed E-state index contributed by atoms with van der Waals surface area (Å²) in [5.41, 5.74) is 1.26. The maximum Gasteiger partial charge on any atom is 0.250 e. The lowest BCUT2D eigenvalue weighted by atomic mass is 10.1. The molecule has 1 N–H and O–H groups in total. The van der Waals surface area contributed by atoms with Gasteiger partial charge in [0.25, 0.3) is 0 Å². The van der Waals surface area contributed by atoms with Crippen molar-refractivity contribution in [1.29, 1.82) is 5.26 Å². The molecule has 0 atom stereocenters. The number of rotatable bonds is 10. The highest BCUT2D eigenvalue weighted by molar-refractivity contribution is 5.91. The third kappa shape index (κ3) is 8.11. The number of carbonyl (C=O) groups excluding carboxylic acids is 1. The van der Waals surface area contributed by atoms with Crippen LogP contribution in [0.15, 0.2) is 24.3 Å². The van der Waals surface area contributed by atoms with E-state index in [-0.39, 0.29) is 12.5 Å². The van der Waals surface area contributed by atoms with Crippen LogP contribution in [0.4, 0.5) is 5.69 Å². The average molecular weight is 288 g/mol. The van der Waals surface area contributed by atoms with E-state index in [1.807, 2.05) is 6.07 Å². The summed E-state index contributed by atoms with van der Waals surface area (Å²) in [5.74, 6) is -0.161. The van der Waals surface area contributed by atoms with E-state index in [0.29, 0.717) is 17.9 Å². The van der Waals surface area contributed by atoms with Gasteiger partial charge in [0.15, 0.2) is 0 Å². The first-order valence-electron chi connectivity index (χ1n) is 7.64. The minimum absolute atomic E-state index is 0.0783. The van der Waals surface area contributed by atoms with Crippen molar-refractivity contribution in [2.75, 3.05) is 18.5 Å². The minimum atomic E-state index is -0.161. The van der Waals surface area contributed by atoms with Crippen LogP contribution < -0.4 is 5.32 Å². The van der Waals surface area contributed by atoms with Gasteiger partial charge in [-0.05, 0) is 30.7 Å². The summed E-state index contributed by atoms with van der Waals surface area (Å²) in [7, 11) is 0. The lowest BCUT2D eigenvalue weighted by Crippen LogP contribution is -2.18. The largest absolute Gasteiger partial charge is 0.372 e. The molecule has 1 aromatic carbocycles. The fraction of sp³-hybridized carbons (Fsp3) is 0.529. The molecule has 0 saturated heterocycles. The van der Waals surface area contributed by atoms with Crippen LogP contribution in [-0.4, -0.2) is 19.1 Å². The molecular formula is C17H24N2O2. The SMILES string of the molecule is CCCCCCCCOCC(=O)Nc1ccc(C#N)cc1. The molecule has 1 amide bonds. The summed E-state index contributed by atoms with van der Waals surface area (Å²) in [6.45, 7) is 2.91. The molecule has 0 bridgehead atoms. The van der Waals surface area contributed by atoms with E-state index in [2.05, 4.69) is 12.2 Å². The molecule has 0 fully saturated rings. The Labute approximate surface area is 127 Å². The van der Waals surface area contributed by atoms with E-state index in [4.69, 9.17) is 10.00 Å². The topological polar surface area (TPSA) is 62.1 Å². The average Bonchev–Trinajstić information content (AvgIpc) is 2.50. The van der Waals surface area contributed by atoms with Gasteiger partial charge in [0.2, 0.25) is 5.91 Å². The molecule has 0 radical (unpaired) electrons. The normalized spacial score (nSPS) is 10.1. The third-order valence-electron chi connectivity index (χ3n) is 3.17. The zero-order chi connectivity index (χ0) is 15.3. The molecule has 0 aromatic heterocycles. The fourth-order valence-corrected chi connectivity index (χ4v) is 1.97. The number of amides is 1. The molecule has 1 rings (SSSR count). The number of nitrogens with one attached hydrogen (secondary N) is 1. The van der Waals surface area contributed by atoms with Crippen molar-refractivity contribution in [3.63, 3.8) is 0 Å². The predicted octanol–water partition coefficient (Wildman–Crippen LogP) is 3.87. The molecule has 21 heavy (non-hydrogen) atoms. The van der Waals surface area contributed by atoms with Crippen LogP contribution in [0.1, 0.15) is 51.0 Å². The predicted molar refractivity (Wildman–Crippen MR) is 84.0 cm³/mol. The first kappa shape index (κ1) is 17.2. The van der Waals surface area contributed by atoms with E-state index in [9.17, 15) is 4.79 Å². The Hall–Kier alpha value is -1.86. The standard InChI is InChI=1S/C17H24N2O2/c1-2-3-4-5-6-7-12-21-14-17(20)19-16-10-8-15(13-18)9-11-16/h8-11H,2-7,12,14H2,1H3,(H,19,20). The number of unbranched alkanes of at least 4 members (excludes halogenated alkanes) is 5. The molecule has 0 aliphatic heterocycles. The van der Waals surface area contributed by atoms with Crippen LogP contribution in [0.25, 0.3) is 0 Å². The van der Waals surface area contributed by atoms with Gasteiger partial charge < -0.3 is 10.1 Å². The molecule has 114 valence electrons. The number of anilines is 1. The summed E-state index contributed by atoms with van der Waals surface area (Å²) >= 11 is 0. The van der Waals surface area contributed by atoms with Gasteiger partial charge in [-0.15, -0.1) is 0 Å². The van der Waals surface area contributed by atoms with Gasteiger partial charge in [0.1, 0.15) is 6.61 Å². The van der Waals surface area contributed by atoms with E-state index in [1.165, 1.54) is 25.7 Å². The molecule has 4 nitrogen and oxygen atoms in total. The van der Waals surface area contributed by atoms with Gasteiger partial charge >= 0.3 is 0 Å². The van der Waals surface area contributed by atoms with Crippen LogP contribution in [0.5, 0.6) is 0 Å². The van der Waals surface area contributed by atoms with Gasteiger partial charge in [0, 0.05) is 12.3 Å². The van der Waals surface area contributed by atoms with Crippen LogP contribution in [-0.2, 0) is 9.53 Å². The van der Waals surface area contributed by atoms with Gasteiger partial charge in [0.05, 0.1) is 11.6 Å². The number of hydrogen-bond donors (Lipinski definition) is 1. The monoisotopic (exact) mass is 288 g/mol. The Kier molecular flexibility index (Phi) is 8.90. The Bertz CT molecular complexity index is 449. The summed E-state index contributed by atoms with van der Waals surface area (Å²) < 4.78 is 5.35. The molecule has 0 aliphatic carbocycles. The van der Waals surface area contributed by atoms with Crippen LogP contribution in [0, 0.1) is 11.3 Å². The van der Waals surface area contributed by atoms with Gasteiger partial charge in [-0.3, -0.25) is 4.79 Å². The van der Waals surface area contributed by atoms with Crippen molar-refractivity contribution >= 4 is 11.6 Å². The Morgan fingerprint density at radius 3 is 2.48 bits per heavy atom. The van der Waals surface area contributed by atoms with E-state index >= 15 is 0 Å². The number of carbonyl (C=O) groups is 1. The van der Waals surface area contributed by atoms with Gasteiger partial charge in [-0.1, -0.05) is 39.0 Å². The molecule has 1 aromatic rings. The smallest absolute Gasteiger partial charge is 0.250 e. The molecule has 4 heteroatoms. The third-order valence-corrected chi connectivity index (χ3v) is 3.17. The fourth-order valence-electron chi connectivity index (χ4n) is 1.97. The first-order chi connectivity index (χ1) is 10.3. The summed E-state index contributed by atoms with van der Waals surface area (Å²) in [4.78, 5) is 11.6. The highest BCUT2D eigenvalue weighted by Crippen LogP contribution is 2.08. The van der Waals surface area contributed by atoms with Crippen molar-refractivity contribution in [2.45, 2.75) is 45.4 Å². The van der Waals surface area contributed by atoms with E-state index < -0.39 is 0 Å². The number of nitriles is 1. The summed E-state index contributed by atoms with van der Waals surface area (Å²) in [6.07, 6.45) is 7.26. The van der Waals surface area contributed by atoms with Crippen molar-refractivity contribution in [2.24, 2.45) is 0 Å². The second kappa shape index (κ2) is 10.9. The van der Waals surface area contributed by atoms with Crippen molar-refractivity contribution in [3.05, 3.63) is 29.8 Å². The molecule has 0 unspecified atom stereocenters. The zero-order valence-electron chi connectivity index (χ0n) is 12.7. The lowest BCUT2D eigenvalue weighted by molar-refractivity contribution is -0.120. The van der Waals surface area contributed by atoms with Crippen LogP contribution in [0.3, 0.4) is 0 Å². The molecule has 0 saturated carbocycles. The zero-order valence-corrected chi connectivity index (χ0v) is 12.7. The first-order valence-corrected chi connectivity index (χ1v) is 7.64. The number of nitrogens with zero attached hydrogens (tertiary/aromatic N) is 1. The number of benzene rings is 1. The Morgan fingerprint density at radius 2 is 1.81 bits per heavy atom. The molecular weight excluding hydrogens is 264 g/mol. The van der Waals surface area contributed by atoms with Gasteiger partial charge in [-0.2, -0.15) is 5.26 Å². The van der Waals surface area contributed by atoms with Gasteiger partial charge in [-0.25, -0.2) is 0 Å². The van der Waals surface area contributed by atoms with Crippen LogP contribution >= 0.6 is 0 Å². The highest BCUT2D eigenvalue weighted by Gasteiger charge is 2.02. The maximum absolute atomic E-state index is 11.6. The van der Waals surface area contributed by atoms with Crippen molar-refractivity contribution in [3.8, 4) is 6.07 Å². The van der Waals surface area contributed by atoms with Crippen molar-refractivity contribution in [1.82, 2.24) is 0 Å². The summed E-state index contributed by atoms with van der Waals surface area (Å²) in [5, 5.41) is 11.4. The highest BCUT2D eigenvalue weighted by atomic mass is 16.5. The summed E-state index contributed by atoms with van der Waals surface area (Å²) in [6, 6.07) is 8.81. The minimum Gasteiger partial charge on any atom is -0.372 e. The second-order valence-electron chi connectivity index (χ2n) is 5.06. The molecule has 0 heterocycles. The second-order valence-corrected chi connectivity index (χ2v) is 5.06.